The van der Waals surface area contributed by atoms with Crippen LogP contribution < -0.4 is 9.47 Å². The first-order valence-electron chi connectivity index (χ1n) is 6.08. The summed E-state index contributed by atoms with van der Waals surface area (Å²) in [7, 11) is 1.66. The van der Waals surface area contributed by atoms with Crippen molar-refractivity contribution in [3.05, 3.63) is 53.9 Å². The van der Waals surface area contributed by atoms with E-state index in [1.165, 1.54) is 5.56 Å². The summed E-state index contributed by atoms with van der Waals surface area (Å²) in [4.78, 5) is 4.17. The smallest absolute Gasteiger partial charge is 0.137 e. The van der Waals surface area contributed by atoms with Gasteiger partial charge in [0.15, 0.2) is 0 Å². The molecule has 100 valence electrons. The zero-order valence-corrected chi connectivity index (χ0v) is 11.6. The summed E-state index contributed by atoms with van der Waals surface area (Å²) in [5.41, 5.74) is 2.07. The van der Waals surface area contributed by atoms with Crippen molar-refractivity contribution in [2.75, 3.05) is 13.7 Å². The molecular formula is C15H16ClNO2. The summed E-state index contributed by atoms with van der Waals surface area (Å²) in [6, 6.07) is 11.7. The number of rotatable bonds is 6. The van der Waals surface area contributed by atoms with Crippen LogP contribution in [-0.4, -0.2) is 18.7 Å². The predicted molar refractivity (Wildman–Crippen MR) is 76.0 cm³/mol. The number of hydrogen-bond acceptors (Lipinski definition) is 3. The van der Waals surface area contributed by atoms with Gasteiger partial charge in [0, 0.05) is 6.42 Å². The summed E-state index contributed by atoms with van der Waals surface area (Å²) in [5, 5.41) is 0. The molecular weight excluding hydrogens is 262 g/mol. The molecule has 1 aromatic carbocycles. The lowest BCUT2D eigenvalue weighted by molar-refractivity contribution is 0.320. The van der Waals surface area contributed by atoms with E-state index in [4.69, 9.17) is 21.1 Å². The fourth-order valence-electron chi connectivity index (χ4n) is 1.65. The molecule has 0 fully saturated rings. The highest BCUT2D eigenvalue weighted by molar-refractivity contribution is 6.16. The summed E-state index contributed by atoms with van der Waals surface area (Å²) in [6.45, 7) is 0.619. The number of ether oxygens (including phenoxy) is 2. The maximum Gasteiger partial charge on any atom is 0.137 e. The molecule has 4 heteroatoms. The number of nitrogens with zero attached hydrogens (tertiary/aromatic N) is 1. The van der Waals surface area contributed by atoms with Crippen LogP contribution >= 0.6 is 11.6 Å². The lowest BCUT2D eigenvalue weighted by atomic mass is 10.1. The van der Waals surface area contributed by atoms with Gasteiger partial charge in [-0.05, 0) is 29.8 Å². The van der Waals surface area contributed by atoms with E-state index in [2.05, 4.69) is 4.98 Å². The SMILES string of the molecule is COc1ccc(CCOc2ccc(CCl)nc2)cc1. The molecule has 0 aliphatic carbocycles. The molecule has 2 rings (SSSR count). The molecule has 0 amide bonds. The maximum absolute atomic E-state index is 5.67. The zero-order chi connectivity index (χ0) is 13.5. The second kappa shape index (κ2) is 7.00. The second-order valence-corrected chi connectivity index (χ2v) is 4.33. The molecule has 0 N–H and O–H groups in total. The first-order valence-corrected chi connectivity index (χ1v) is 6.62. The van der Waals surface area contributed by atoms with E-state index in [-0.39, 0.29) is 0 Å². The average Bonchev–Trinajstić information content (AvgIpc) is 2.49. The highest BCUT2D eigenvalue weighted by Crippen LogP contribution is 2.13. The Bertz CT molecular complexity index is 449. The van der Waals surface area contributed by atoms with Crippen LogP contribution in [0, 0.1) is 0 Å². The molecule has 2 aromatic rings. The lowest BCUT2D eigenvalue weighted by Crippen LogP contribution is -2.01. The lowest BCUT2D eigenvalue weighted by Gasteiger charge is -2.07. The number of hydrogen-bond donors (Lipinski definition) is 0. The largest absolute Gasteiger partial charge is 0.497 e. The van der Waals surface area contributed by atoms with Crippen LogP contribution in [0.25, 0.3) is 0 Å². The van der Waals surface area contributed by atoms with Crippen molar-refractivity contribution in [2.24, 2.45) is 0 Å². The first-order chi connectivity index (χ1) is 9.31. The normalized spacial score (nSPS) is 10.2. The Labute approximate surface area is 118 Å². The van der Waals surface area contributed by atoms with Gasteiger partial charge in [0.05, 0.1) is 31.5 Å². The number of methoxy groups -OCH3 is 1. The quantitative estimate of drug-likeness (QED) is 0.758. The summed E-state index contributed by atoms with van der Waals surface area (Å²) >= 11 is 5.67. The molecule has 0 aliphatic heterocycles. The van der Waals surface area contributed by atoms with E-state index in [0.29, 0.717) is 12.5 Å². The van der Waals surface area contributed by atoms with E-state index in [9.17, 15) is 0 Å². The van der Waals surface area contributed by atoms with E-state index < -0.39 is 0 Å². The predicted octanol–water partition coefficient (Wildman–Crippen LogP) is 3.45. The first kappa shape index (κ1) is 13.7. The van der Waals surface area contributed by atoms with E-state index in [0.717, 1.165) is 23.6 Å². The Morgan fingerprint density at radius 3 is 2.37 bits per heavy atom. The molecule has 3 nitrogen and oxygen atoms in total. The third-order valence-corrected chi connectivity index (χ3v) is 3.03. The minimum absolute atomic E-state index is 0.423. The number of aromatic nitrogens is 1. The van der Waals surface area contributed by atoms with Gasteiger partial charge in [-0.1, -0.05) is 12.1 Å². The van der Waals surface area contributed by atoms with Gasteiger partial charge in [-0.2, -0.15) is 0 Å². The van der Waals surface area contributed by atoms with Crippen molar-refractivity contribution in [3.8, 4) is 11.5 Å². The van der Waals surface area contributed by atoms with Gasteiger partial charge in [-0.25, -0.2) is 0 Å². The molecule has 0 saturated carbocycles. The van der Waals surface area contributed by atoms with Crippen LogP contribution in [0.3, 0.4) is 0 Å². The monoisotopic (exact) mass is 277 g/mol. The van der Waals surface area contributed by atoms with Gasteiger partial charge >= 0.3 is 0 Å². The molecule has 1 aromatic heterocycles. The van der Waals surface area contributed by atoms with E-state index >= 15 is 0 Å². The minimum atomic E-state index is 0.423. The highest BCUT2D eigenvalue weighted by atomic mass is 35.5. The third-order valence-electron chi connectivity index (χ3n) is 2.75. The van der Waals surface area contributed by atoms with Crippen LogP contribution in [0.4, 0.5) is 0 Å². The Hall–Kier alpha value is -1.74. The number of benzene rings is 1. The van der Waals surface area contributed by atoms with Crippen LogP contribution in [0.5, 0.6) is 11.5 Å². The highest BCUT2D eigenvalue weighted by Gasteiger charge is 1.98. The van der Waals surface area contributed by atoms with Crippen molar-refractivity contribution >= 4 is 11.6 Å². The van der Waals surface area contributed by atoms with Gasteiger partial charge in [0.2, 0.25) is 0 Å². The Kier molecular flexibility index (Phi) is 5.04. The molecule has 0 unspecified atom stereocenters. The number of halogens is 1. The zero-order valence-electron chi connectivity index (χ0n) is 10.8. The van der Waals surface area contributed by atoms with Crippen molar-refractivity contribution in [3.63, 3.8) is 0 Å². The molecule has 0 aliphatic rings. The molecule has 0 atom stereocenters. The summed E-state index contributed by atoms with van der Waals surface area (Å²) in [5.74, 6) is 2.06. The summed E-state index contributed by atoms with van der Waals surface area (Å²) in [6.07, 6.45) is 2.55. The number of alkyl halides is 1. The maximum atomic E-state index is 5.67. The fraction of sp³-hybridized carbons (Fsp3) is 0.267. The number of pyridine rings is 1. The minimum Gasteiger partial charge on any atom is -0.497 e. The van der Waals surface area contributed by atoms with E-state index in [1.807, 2.05) is 36.4 Å². The Morgan fingerprint density at radius 1 is 1.05 bits per heavy atom. The topological polar surface area (TPSA) is 31.4 Å². The summed E-state index contributed by atoms with van der Waals surface area (Å²) < 4.78 is 10.7. The van der Waals surface area contributed by atoms with Crippen molar-refractivity contribution in [1.29, 1.82) is 0 Å². The van der Waals surface area contributed by atoms with Crippen LogP contribution in [-0.2, 0) is 12.3 Å². The standard InChI is InChI=1S/C15H16ClNO2/c1-18-14-5-2-12(3-6-14)8-9-19-15-7-4-13(10-16)17-11-15/h2-7,11H,8-10H2,1H3. The molecule has 0 spiro atoms. The van der Waals surface area contributed by atoms with Gasteiger partial charge < -0.3 is 9.47 Å². The van der Waals surface area contributed by atoms with Crippen LogP contribution in [0.2, 0.25) is 0 Å². The van der Waals surface area contributed by atoms with Crippen molar-refractivity contribution in [2.45, 2.75) is 12.3 Å². The van der Waals surface area contributed by atoms with E-state index in [1.54, 1.807) is 13.3 Å². The van der Waals surface area contributed by atoms with Crippen LogP contribution in [0.15, 0.2) is 42.6 Å². The Balaban J connectivity index is 1.81. The molecule has 0 bridgehead atoms. The fourth-order valence-corrected chi connectivity index (χ4v) is 1.81. The van der Waals surface area contributed by atoms with Gasteiger partial charge in [-0.15, -0.1) is 11.6 Å². The van der Waals surface area contributed by atoms with Gasteiger partial charge in [-0.3, -0.25) is 4.98 Å². The van der Waals surface area contributed by atoms with Gasteiger partial charge in [0.1, 0.15) is 11.5 Å². The third kappa shape index (κ3) is 4.14. The van der Waals surface area contributed by atoms with Gasteiger partial charge in [0.25, 0.3) is 0 Å². The molecule has 1 heterocycles. The molecule has 0 radical (unpaired) electrons. The average molecular weight is 278 g/mol. The molecule has 19 heavy (non-hydrogen) atoms. The molecule has 0 saturated heterocycles. The second-order valence-electron chi connectivity index (χ2n) is 4.07. The van der Waals surface area contributed by atoms with Crippen molar-refractivity contribution < 1.29 is 9.47 Å². The Morgan fingerprint density at radius 2 is 1.79 bits per heavy atom. The van der Waals surface area contributed by atoms with Crippen LogP contribution in [0.1, 0.15) is 11.3 Å². The van der Waals surface area contributed by atoms with Crippen molar-refractivity contribution in [1.82, 2.24) is 4.98 Å².